The number of rotatable bonds is 7. The van der Waals surface area contributed by atoms with Gasteiger partial charge in [-0.15, -0.1) is 0 Å². The number of aliphatic imine (C=N–C) groups is 1. The lowest BCUT2D eigenvalue weighted by Gasteiger charge is -2.21. The lowest BCUT2D eigenvalue weighted by atomic mass is 10.2. The predicted octanol–water partition coefficient (Wildman–Crippen LogP) is 4.64. The third kappa shape index (κ3) is 5.34. The molecule has 1 N–H and O–H groups in total. The van der Waals surface area contributed by atoms with Crippen molar-refractivity contribution in [3.63, 3.8) is 0 Å². The lowest BCUT2D eigenvalue weighted by molar-refractivity contribution is -0.121. The molecule has 37 heavy (non-hydrogen) atoms. The van der Waals surface area contributed by atoms with E-state index in [-0.39, 0.29) is 18.2 Å². The van der Waals surface area contributed by atoms with Gasteiger partial charge in [-0.25, -0.2) is 4.99 Å². The average molecular weight is 520 g/mol. The molecule has 0 bridgehead atoms. The Bertz CT molecular complexity index is 1330. The van der Waals surface area contributed by atoms with Gasteiger partial charge in [-0.05, 0) is 60.7 Å². The van der Waals surface area contributed by atoms with Gasteiger partial charge in [0, 0.05) is 6.42 Å². The second-order valence-corrected chi connectivity index (χ2v) is 9.32. The van der Waals surface area contributed by atoms with E-state index in [1.165, 1.54) is 16.7 Å². The molecule has 2 aliphatic rings. The highest BCUT2D eigenvalue weighted by Crippen LogP contribution is 2.39. The summed E-state index contributed by atoms with van der Waals surface area (Å²) in [5, 5.41) is 2.69. The maximum atomic E-state index is 13.5. The van der Waals surface area contributed by atoms with E-state index >= 15 is 0 Å². The zero-order valence-electron chi connectivity index (χ0n) is 20.3. The van der Waals surface area contributed by atoms with Crippen molar-refractivity contribution in [3.05, 3.63) is 66.7 Å². The molecule has 0 aromatic heterocycles. The van der Waals surface area contributed by atoms with Crippen LogP contribution >= 0.6 is 11.8 Å². The van der Waals surface area contributed by atoms with Crippen molar-refractivity contribution in [2.45, 2.75) is 11.7 Å². The van der Waals surface area contributed by atoms with Crippen LogP contribution in [0, 0.1) is 0 Å². The van der Waals surface area contributed by atoms with Crippen molar-refractivity contribution in [3.8, 4) is 23.0 Å². The number of hydrogen-bond acceptors (Lipinski definition) is 8. The molecule has 5 rings (SSSR count). The number of nitrogens with one attached hydrogen (secondary N) is 1. The number of carbonyl (C=O) groups excluding carboxylic acids is 2. The first-order valence-electron chi connectivity index (χ1n) is 11.6. The SMILES string of the molecule is COc1ccc(N=C2SC(CC(=O)Nc3cccc4c3OCCO4)C(=O)N2c2ccc(OC)cc2)cc1. The van der Waals surface area contributed by atoms with E-state index in [4.69, 9.17) is 23.9 Å². The number of hydrogen-bond donors (Lipinski definition) is 1. The molecule has 0 radical (unpaired) electrons. The number of anilines is 2. The molecule has 1 unspecified atom stereocenters. The van der Waals surface area contributed by atoms with Gasteiger partial charge in [-0.1, -0.05) is 17.8 Å². The Morgan fingerprint density at radius 1 is 1.00 bits per heavy atom. The maximum absolute atomic E-state index is 13.5. The van der Waals surface area contributed by atoms with Crippen LogP contribution in [0.4, 0.5) is 17.1 Å². The van der Waals surface area contributed by atoms with E-state index in [2.05, 4.69) is 5.32 Å². The van der Waals surface area contributed by atoms with Crippen molar-refractivity contribution >= 4 is 45.8 Å². The third-order valence-corrected chi connectivity index (χ3v) is 6.91. The van der Waals surface area contributed by atoms with E-state index in [0.29, 0.717) is 58.4 Å². The van der Waals surface area contributed by atoms with E-state index < -0.39 is 5.25 Å². The standard InChI is InChI=1S/C27H25N3O6S/c1-33-19-10-6-17(7-11-19)28-27-30(18-8-12-20(34-2)13-9-18)26(32)23(37-27)16-24(31)29-21-4-3-5-22-25(21)36-15-14-35-22/h3-13,23H,14-16H2,1-2H3,(H,29,31). The highest BCUT2D eigenvalue weighted by Gasteiger charge is 2.40. The molecule has 10 heteroatoms. The smallest absolute Gasteiger partial charge is 0.247 e. The van der Waals surface area contributed by atoms with Crippen LogP contribution in [-0.4, -0.2) is 49.7 Å². The van der Waals surface area contributed by atoms with Crippen LogP contribution in [-0.2, 0) is 9.59 Å². The number of nitrogens with zero attached hydrogens (tertiary/aromatic N) is 2. The molecular formula is C27H25N3O6S. The first kappa shape index (κ1) is 24.5. The van der Waals surface area contributed by atoms with E-state index in [0.717, 1.165) is 0 Å². The van der Waals surface area contributed by atoms with Crippen molar-refractivity contribution in [2.24, 2.45) is 4.99 Å². The summed E-state index contributed by atoms with van der Waals surface area (Å²) in [7, 11) is 3.18. The number of amides is 2. The highest BCUT2D eigenvalue weighted by molar-refractivity contribution is 8.16. The number of para-hydroxylation sites is 1. The summed E-state index contributed by atoms with van der Waals surface area (Å²) >= 11 is 1.25. The minimum absolute atomic E-state index is 0.0394. The van der Waals surface area contributed by atoms with Crippen LogP contribution in [0.3, 0.4) is 0 Å². The summed E-state index contributed by atoms with van der Waals surface area (Å²) in [6.45, 7) is 0.855. The van der Waals surface area contributed by atoms with Gasteiger partial charge in [0.15, 0.2) is 16.7 Å². The lowest BCUT2D eigenvalue weighted by Crippen LogP contribution is -2.33. The predicted molar refractivity (Wildman–Crippen MR) is 143 cm³/mol. The number of methoxy groups -OCH3 is 2. The van der Waals surface area contributed by atoms with E-state index in [1.807, 2.05) is 12.1 Å². The molecule has 2 heterocycles. The minimum atomic E-state index is -0.657. The maximum Gasteiger partial charge on any atom is 0.247 e. The number of fused-ring (bicyclic) bond motifs is 1. The molecule has 0 saturated carbocycles. The first-order valence-corrected chi connectivity index (χ1v) is 12.5. The normalized spacial score (nSPS) is 17.6. The molecule has 1 atom stereocenters. The van der Waals surface area contributed by atoms with Gasteiger partial charge in [-0.2, -0.15) is 0 Å². The van der Waals surface area contributed by atoms with Gasteiger partial charge in [-0.3, -0.25) is 14.5 Å². The number of benzene rings is 3. The summed E-state index contributed by atoms with van der Waals surface area (Å²) in [6.07, 6.45) is -0.0394. The average Bonchev–Trinajstić information content (AvgIpc) is 3.23. The Kier molecular flexibility index (Phi) is 7.18. The van der Waals surface area contributed by atoms with Gasteiger partial charge in [0.1, 0.15) is 30.0 Å². The number of thioether (sulfide) groups is 1. The van der Waals surface area contributed by atoms with Crippen LogP contribution in [0.2, 0.25) is 0 Å². The first-order chi connectivity index (χ1) is 18.1. The van der Waals surface area contributed by atoms with Crippen molar-refractivity contribution in [1.29, 1.82) is 0 Å². The minimum Gasteiger partial charge on any atom is -0.497 e. The zero-order chi connectivity index (χ0) is 25.8. The van der Waals surface area contributed by atoms with E-state index in [9.17, 15) is 9.59 Å². The molecule has 2 aliphatic heterocycles. The summed E-state index contributed by atoms with van der Waals surface area (Å²) in [5.41, 5.74) is 1.81. The monoisotopic (exact) mass is 519 g/mol. The molecule has 190 valence electrons. The molecule has 3 aromatic carbocycles. The van der Waals surface area contributed by atoms with Gasteiger partial charge >= 0.3 is 0 Å². The van der Waals surface area contributed by atoms with Crippen LogP contribution in [0.1, 0.15) is 6.42 Å². The summed E-state index contributed by atoms with van der Waals surface area (Å²) in [5.74, 6) is 1.91. The fourth-order valence-electron chi connectivity index (χ4n) is 3.95. The Labute approximate surface area is 218 Å². The van der Waals surface area contributed by atoms with Gasteiger partial charge < -0.3 is 24.3 Å². The second kappa shape index (κ2) is 10.8. The van der Waals surface area contributed by atoms with Gasteiger partial charge in [0.25, 0.3) is 0 Å². The van der Waals surface area contributed by atoms with Crippen LogP contribution in [0.5, 0.6) is 23.0 Å². The Morgan fingerprint density at radius 2 is 1.68 bits per heavy atom. The zero-order valence-corrected chi connectivity index (χ0v) is 21.1. The quantitative estimate of drug-likeness (QED) is 0.486. The third-order valence-electron chi connectivity index (χ3n) is 5.77. The summed E-state index contributed by atoms with van der Waals surface area (Å²) < 4.78 is 21.7. The largest absolute Gasteiger partial charge is 0.497 e. The fourth-order valence-corrected chi connectivity index (χ4v) is 5.11. The molecule has 0 spiro atoms. The topological polar surface area (TPSA) is 98.7 Å². The summed E-state index contributed by atoms with van der Waals surface area (Å²) in [4.78, 5) is 32.8. The van der Waals surface area contributed by atoms with E-state index in [1.54, 1.807) is 68.8 Å². The molecule has 1 saturated heterocycles. The van der Waals surface area contributed by atoms with Gasteiger partial charge in [0.05, 0.1) is 31.3 Å². The van der Waals surface area contributed by atoms with Crippen LogP contribution in [0.15, 0.2) is 71.7 Å². The van der Waals surface area contributed by atoms with Crippen molar-refractivity contribution in [1.82, 2.24) is 0 Å². The summed E-state index contributed by atoms with van der Waals surface area (Å²) in [6, 6.07) is 19.7. The van der Waals surface area contributed by atoms with Crippen LogP contribution < -0.4 is 29.2 Å². The Balaban J connectivity index is 1.38. The van der Waals surface area contributed by atoms with Crippen molar-refractivity contribution in [2.75, 3.05) is 37.7 Å². The Hall–Kier alpha value is -4.18. The number of ether oxygens (including phenoxy) is 4. The van der Waals surface area contributed by atoms with Crippen LogP contribution in [0.25, 0.3) is 0 Å². The highest BCUT2D eigenvalue weighted by atomic mass is 32.2. The number of amidine groups is 1. The fraction of sp³-hybridized carbons (Fsp3) is 0.222. The molecular weight excluding hydrogens is 494 g/mol. The molecule has 1 fully saturated rings. The molecule has 0 aliphatic carbocycles. The Morgan fingerprint density at radius 3 is 2.38 bits per heavy atom. The van der Waals surface area contributed by atoms with Crippen molar-refractivity contribution < 1.29 is 28.5 Å². The molecule has 9 nitrogen and oxygen atoms in total. The second-order valence-electron chi connectivity index (χ2n) is 8.15. The molecule has 2 amide bonds. The van der Waals surface area contributed by atoms with Gasteiger partial charge in [0.2, 0.25) is 11.8 Å². The molecule has 3 aromatic rings. The number of carbonyl (C=O) groups is 2.